The maximum absolute atomic E-state index is 13.5. The second kappa shape index (κ2) is 5.36. The zero-order valence-corrected chi connectivity index (χ0v) is 10.2. The van der Waals surface area contributed by atoms with E-state index < -0.39 is 23.0 Å². The monoisotopic (exact) mass is 242 g/mol. The molecule has 17 heavy (non-hydrogen) atoms. The average Bonchev–Trinajstić information content (AvgIpc) is 2.31. The molecule has 1 unspecified atom stereocenters. The highest BCUT2D eigenvalue weighted by atomic mass is 19.1. The minimum atomic E-state index is -1.11. The molecule has 0 saturated heterocycles. The Morgan fingerprint density at radius 2 is 2.00 bits per heavy atom. The Balaban J connectivity index is 3.14. The van der Waals surface area contributed by atoms with Gasteiger partial charge in [0.15, 0.2) is 5.78 Å². The third-order valence-electron chi connectivity index (χ3n) is 2.79. The molecule has 2 nitrogen and oxygen atoms in total. The van der Waals surface area contributed by atoms with E-state index in [0.717, 1.165) is 18.2 Å². The molecular formula is C13H16F2O2. The highest BCUT2D eigenvalue weighted by molar-refractivity contribution is 6.02. The fourth-order valence-corrected chi connectivity index (χ4v) is 1.60. The minimum Gasteiger partial charge on any atom is -0.367 e. The van der Waals surface area contributed by atoms with Crippen molar-refractivity contribution in [2.75, 3.05) is 6.61 Å². The average molecular weight is 242 g/mol. The molecule has 0 radical (unpaired) electrons. The minimum absolute atomic E-state index is 0.261. The van der Waals surface area contributed by atoms with Crippen LogP contribution >= 0.6 is 0 Å². The van der Waals surface area contributed by atoms with Gasteiger partial charge in [-0.15, -0.1) is 0 Å². The molecule has 1 atom stereocenters. The van der Waals surface area contributed by atoms with Gasteiger partial charge in [-0.05, 0) is 38.5 Å². The Morgan fingerprint density at radius 1 is 1.35 bits per heavy atom. The number of rotatable bonds is 5. The summed E-state index contributed by atoms with van der Waals surface area (Å²) in [6, 6.07) is 2.84. The number of hydrogen-bond acceptors (Lipinski definition) is 2. The fraction of sp³-hybridized carbons (Fsp3) is 0.462. The summed E-state index contributed by atoms with van der Waals surface area (Å²) in [4.78, 5) is 12.1. The standard InChI is InChI=1S/C13H16F2O2/c1-4-13(3,17-5-2)12(16)10-8-9(14)6-7-11(10)15/h6-8H,4-5H2,1-3H3. The lowest BCUT2D eigenvalue weighted by molar-refractivity contribution is -0.0119. The van der Waals surface area contributed by atoms with Crippen LogP contribution < -0.4 is 0 Å². The largest absolute Gasteiger partial charge is 0.367 e. The van der Waals surface area contributed by atoms with Gasteiger partial charge in [0.1, 0.15) is 17.2 Å². The van der Waals surface area contributed by atoms with Gasteiger partial charge in [0, 0.05) is 6.61 Å². The second-order valence-corrected chi connectivity index (χ2v) is 3.97. The molecule has 0 fully saturated rings. The first-order chi connectivity index (χ1) is 7.94. The summed E-state index contributed by atoms with van der Waals surface area (Å²) in [7, 11) is 0. The number of carbonyl (C=O) groups excluding carboxylic acids is 1. The predicted molar refractivity (Wildman–Crippen MR) is 61.0 cm³/mol. The number of halogens is 2. The van der Waals surface area contributed by atoms with Crippen molar-refractivity contribution in [1.82, 2.24) is 0 Å². The van der Waals surface area contributed by atoms with Gasteiger partial charge in [0.25, 0.3) is 0 Å². The number of Topliss-reactive ketones (excluding diaryl/α,β-unsaturated/α-hetero) is 1. The molecule has 0 aliphatic carbocycles. The molecular weight excluding hydrogens is 226 g/mol. The summed E-state index contributed by atoms with van der Waals surface area (Å²) in [5, 5.41) is 0. The van der Waals surface area contributed by atoms with Gasteiger partial charge >= 0.3 is 0 Å². The molecule has 1 aromatic carbocycles. The van der Waals surface area contributed by atoms with Gasteiger partial charge in [-0.25, -0.2) is 8.78 Å². The summed E-state index contributed by atoms with van der Waals surface area (Å²) in [5.41, 5.74) is -1.37. The van der Waals surface area contributed by atoms with Crippen LogP contribution in [0.15, 0.2) is 18.2 Å². The SMILES string of the molecule is CCOC(C)(CC)C(=O)c1cc(F)ccc1F. The molecule has 0 aromatic heterocycles. The van der Waals surface area contributed by atoms with Crippen LogP contribution in [-0.4, -0.2) is 18.0 Å². The lowest BCUT2D eigenvalue weighted by atomic mass is 9.91. The van der Waals surface area contributed by atoms with Crippen LogP contribution in [0.2, 0.25) is 0 Å². The molecule has 1 rings (SSSR count). The molecule has 0 saturated carbocycles. The normalized spacial score (nSPS) is 14.4. The quantitative estimate of drug-likeness (QED) is 0.740. The summed E-state index contributed by atoms with van der Waals surface area (Å²) in [6.07, 6.45) is 0.398. The van der Waals surface area contributed by atoms with E-state index in [1.54, 1.807) is 20.8 Å². The van der Waals surface area contributed by atoms with E-state index in [4.69, 9.17) is 4.74 Å². The topological polar surface area (TPSA) is 26.3 Å². The lowest BCUT2D eigenvalue weighted by Crippen LogP contribution is -2.38. The van der Waals surface area contributed by atoms with Crippen LogP contribution in [-0.2, 0) is 4.74 Å². The van der Waals surface area contributed by atoms with Crippen molar-refractivity contribution in [2.24, 2.45) is 0 Å². The first-order valence-electron chi connectivity index (χ1n) is 5.58. The lowest BCUT2D eigenvalue weighted by Gasteiger charge is -2.26. The number of carbonyl (C=O) groups is 1. The van der Waals surface area contributed by atoms with E-state index in [0.29, 0.717) is 13.0 Å². The Morgan fingerprint density at radius 3 is 2.53 bits per heavy atom. The van der Waals surface area contributed by atoms with Gasteiger partial charge < -0.3 is 4.74 Å². The van der Waals surface area contributed by atoms with Crippen LogP contribution in [0.4, 0.5) is 8.78 Å². The molecule has 0 amide bonds. The van der Waals surface area contributed by atoms with E-state index >= 15 is 0 Å². The third-order valence-corrected chi connectivity index (χ3v) is 2.79. The van der Waals surface area contributed by atoms with Gasteiger partial charge in [0.2, 0.25) is 0 Å². The van der Waals surface area contributed by atoms with Crippen molar-refractivity contribution in [2.45, 2.75) is 32.8 Å². The van der Waals surface area contributed by atoms with E-state index in [1.165, 1.54) is 0 Å². The van der Waals surface area contributed by atoms with Crippen LogP contribution in [0.3, 0.4) is 0 Å². The van der Waals surface area contributed by atoms with Crippen LogP contribution in [0.1, 0.15) is 37.6 Å². The summed E-state index contributed by atoms with van der Waals surface area (Å²) < 4.78 is 31.9. The Labute approximate surface area is 99.6 Å². The first kappa shape index (κ1) is 13.8. The number of ketones is 1. The molecule has 1 aromatic rings. The number of hydrogen-bond donors (Lipinski definition) is 0. The van der Waals surface area contributed by atoms with Gasteiger partial charge in [-0.1, -0.05) is 6.92 Å². The molecule has 0 aliphatic heterocycles. The Bertz CT molecular complexity index is 418. The maximum atomic E-state index is 13.5. The van der Waals surface area contributed by atoms with E-state index in [9.17, 15) is 13.6 Å². The van der Waals surface area contributed by atoms with Crippen molar-refractivity contribution < 1.29 is 18.3 Å². The van der Waals surface area contributed by atoms with E-state index in [1.807, 2.05) is 0 Å². The number of ether oxygens (including phenoxy) is 1. The molecule has 0 aliphatic rings. The van der Waals surface area contributed by atoms with E-state index in [-0.39, 0.29) is 5.56 Å². The zero-order valence-electron chi connectivity index (χ0n) is 10.2. The van der Waals surface area contributed by atoms with Crippen LogP contribution in [0.25, 0.3) is 0 Å². The van der Waals surface area contributed by atoms with Crippen LogP contribution in [0, 0.1) is 11.6 Å². The molecule has 0 spiro atoms. The molecule has 4 heteroatoms. The Hall–Kier alpha value is -1.29. The van der Waals surface area contributed by atoms with Gasteiger partial charge in [-0.3, -0.25) is 4.79 Å². The predicted octanol–water partition coefficient (Wildman–Crippen LogP) is 3.35. The number of benzene rings is 1. The van der Waals surface area contributed by atoms with Crippen molar-refractivity contribution in [3.63, 3.8) is 0 Å². The first-order valence-corrected chi connectivity index (χ1v) is 5.58. The highest BCUT2D eigenvalue weighted by Crippen LogP contribution is 2.23. The van der Waals surface area contributed by atoms with Crippen molar-refractivity contribution in [3.8, 4) is 0 Å². The maximum Gasteiger partial charge on any atom is 0.197 e. The summed E-state index contributed by atoms with van der Waals surface area (Å²) in [5.74, 6) is -1.89. The summed E-state index contributed by atoms with van der Waals surface area (Å²) in [6.45, 7) is 5.45. The van der Waals surface area contributed by atoms with Crippen molar-refractivity contribution >= 4 is 5.78 Å². The van der Waals surface area contributed by atoms with Crippen molar-refractivity contribution in [3.05, 3.63) is 35.4 Å². The molecule has 0 heterocycles. The smallest absolute Gasteiger partial charge is 0.197 e. The second-order valence-electron chi connectivity index (χ2n) is 3.97. The van der Waals surface area contributed by atoms with Crippen molar-refractivity contribution in [1.29, 1.82) is 0 Å². The molecule has 0 N–H and O–H groups in total. The van der Waals surface area contributed by atoms with E-state index in [2.05, 4.69) is 0 Å². The van der Waals surface area contributed by atoms with Gasteiger partial charge in [-0.2, -0.15) is 0 Å². The fourth-order valence-electron chi connectivity index (χ4n) is 1.60. The third kappa shape index (κ3) is 2.88. The molecule has 0 bridgehead atoms. The van der Waals surface area contributed by atoms with Crippen LogP contribution in [0.5, 0.6) is 0 Å². The van der Waals surface area contributed by atoms with Gasteiger partial charge in [0.05, 0.1) is 5.56 Å². The molecule has 94 valence electrons. The zero-order chi connectivity index (χ0) is 13.1. The summed E-state index contributed by atoms with van der Waals surface area (Å²) >= 11 is 0. The Kier molecular flexibility index (Phi) is 4.34. The highest BCUT2D eigenvalue weighted by Gasteiger charge is 2.34.